The summed E-state index contributed by atoms with van der Waals surface area (Å²) >= 11 is 5.81. The first-order valence-corrected chi connectivity index (χ1v) is 12.5. The van der Waals surface area contributed by atoms with E-state index in [2.05, 4.69) is 21.5 Å². The Balaban J connectivity index is 1.28. The molecular formula is C26H26ClF3N4O4. The molecule has 2 amide bonds. The molecule has 12 heteroatoms. The lowest BCUT2D eigenvalue weighted by molar-refractivity contribution is -0.196. The van der Waals surface area contributed by atoms with Gasteiger partial charge >= 0.3 is 5.92 Å². The summed E-state index contributed by atoms with van der Waals surface area (Å²) in [4.78, 5) is 30.0. The zero-order valence-electron chi connectivity index (χ0n) is 20.4. The molecule has 3 aliphatic rings. The lowest BCUT2D eigenvalue weighted by Crippen LogP contribution is -2.67. The van der Waals surface area contributed by atoms with Gasteiger partial charge in [0.2, 0.25) is 0 Å². The molecule has 1 aromatic heterocycles. The number of hydrogen-bond donors (Lipinski definition) is 3. The number of halogens is 4. The van der Waals surface area contributed by atoms with Crippen LogP contribution in [-0.4, -0.2) is 56.7 Å². The number of alkyl halides is 2. The zero-order chi connectivity index (χ0) is 27.5. The molecule has 2 unspecified atom stereocenters. The van der Waals surface area contributed by atoms with Crippen molar-refractivity contribution in [2.75, 3.05) is 18.5 Å². The largest absolute Gasteiger partial charge is 0.383 e. The van der Waals surface area contributed by atoms with Gasteiger partial charge in [-0.15, -0.1) is 6.42 Å². The summed E-state index contributed by atoms with van der Waals surface area (Å²) < 4.78 is 50.4. The van der Waals surface area contributed by atoms with Crippen LogP contribution in [0.1, 0.15) is 47.8 Å². The molecular weight excluding hydrogens is 525 g/mol. The first kappa shape index (κ1) is 26.5. The van der Waals surface area contributed by atoms with Gasteiger partial charge in [-0.1, -0.05) is 17.5 Å². The van der Waals surface area contributed by atoms with Gasteiger partial charge in [0.1, 0.15) is 22.7 Å². The second kappa shape index (κ2) is 9.29. The molecule has 8 nitrogen and oxygen atoms in total. The molecule has 3 fully saturated rings. The Morgan fingerprint density at radius 3 is 2.50 bits per heavy atom. The van der Waals surface area contributed by atoms with Gasteiger partial charge in [-0.3, -0.25) is 9.59 Å². The molecule has 2 saturated carbocycles. The van der Waals surface area contributed by atoms with Crippen molar-refractivity contribution < 1.29 is 32.6 Å². The molecule has 2 heterocycles. The minimum absolute atomic E-state index is 0.0646. The predicted octanol–water partition coefficient (Wildman–Crippen LogP) is 3.25. The van der Waals surface area contributed by atoms with E-state index in [0.717, 1.165) is 6.07 Å². The molecule has 38 heavy (non-hydrogen) atoms. The van der Waals surface area contributed by atoms with Crippen molar-refractivity contribution in [2.45, 2.75) is 48.7 Å². The number of aromatic nitrogens is 2. The zero-order valence-corrected chi connectivity index (χ0v) is 21.2. The Morgan fingerprint density at radius 1 is 1.29 bits per heavy atom. The number of anilines is 1. The molecule has 3 N–H and O–H groups in total. The number of aliphatic hydroxyl groups is 1. The van der Waals surface area contributed by atoms with Crippen molar-refractivity contribution in [3.05, 3.63) is 46.8 Å². The van der Waals surface area contributed by atoms with Crippen LogP contribution in [-0.2, 0) is 16.6 Å². The van der Waals surface area contributed by atoms with Gasteiger partial charge in [0.15, 0.2) is 0 Å². The van der Waals surface area contributed by atoms with Crippen LogP contribution in [0.15, 0.2) is 24.5 Å². The van der Waals surface area contributed by atoms with Crippen LogP contribution >= 0.6 is 11.6 Å². The third-order valence-electron chi connectivity index (χ3n) is 7.98. The summed E-state index contributed by atoms with van der Waals surface area (Å²) in [7, 11) is 1.66. The summed E-state index contributed by atoms with van der Waals surface area (Å²) in [6.07, 6.45) is 7.18. The number of terminal acetylenes is 1. The average molecular weight is 551 g/mol. The van der Waals surface area contributed by atoms with E-state index in [4.69, 9.17) is 22.8 Å². The SMILES string of the molecule is C#CC1(NC(=O)C(F)(F)C2(O)CC3CC(c4ncn(C)c4C(=O)Nc4ccc(F)c(Cl)c4)CC3C2)COC1. The van der Waals surface area contributed by atoms with Crippen molar-refractivity contribution in [1.82, 2.24) is 14.9 Å². The van der Waals surface area contributed by atoms with Gasteiger partial charge in [0.25, 0.3) is 11.8 Å². The van der Waals surface area contributed by atoms with E-state index in [1.807, 2.05) is 0 Å². The van der Waals surface area contributed by atoms with Crippen LogP contribution in [0.3, 0.4) is 0 Å². The standard InChI is InChI=1S/C26H26ClF3N4O4/c1-3-24(11-38-12-24)33-23(36)26(29,30)25(37)9-15-6-14(7-16(15)10-25)20-21(34(2)13-31-20)22(35)32-17-4-5-19(28)18(27)8-17/h1,4-5,8,13-16,37H,6-7,9-12H2,2H3,(H,32,35)(H,33,36). The second-order valence-corrected chi connectivity index (χ2v) is 11.0. The number of rotatable bonds is 6. The lowest BCUT2D eigenvalue weighted by Gasteiger charge is -2.40. The highest BCUT2D eigenvalue weighted by Crippen LogP contribution is 2.57. The number of amides is 2. The Labute approximate surface area is 221 Å². The molecule has 1 aliphatic heterocycles. The molecule has 2 aliphatic carbocycles. The molecule has 0 bridgehead atoms. The topological polar surface area (TPSA) is 105 Å². The van der Waals surface area contributed by atoms with E-state index in [9.17, 15) is 19.1 Å². The number of nitrogens with zero attached hydrogens (tertiary/aromatic N) is 2. The highest BCUT2D eigenvalue weighted by molar-refractivity contribution is 6.31. The van der Waals surface area contributed by atoms with Crippen LogP contribution in [0.4, 0.5) is 18.9 Å². The van der Waals surface area contributed by atoms with Crippen molar-refractivity contribution in [2.24, 2.45) is 18.9 Å². The Bertz CT molecular complexity index is 1320. The van der Waals surface area contributed by atoms with E-state index >= 15 is 8.78 Å². The van der Waals surface area contributed by atoms with E-state index < -0.39 is 34.7 Å². The molecule has 2 atom stereocenters. The summed E-state index contributed by atoms with van der Waals surface area (Å²) in [6, 6.07) is 3.82. The van der Waals surface area contributed by atoms with Crippen molar-refractivity contribution in [3.63, 3.8) is 0 Å². The number of aryl methyl sites for hydroxylation is 1. The fourth-order valence-corrected chi connectivity index (χ4v) is 6.12. The summed E-state index contributed by atoms with van der Waals surface area (Å²) in [6.45, 7) is -0.129. The highest BCUT2D eigenvalue weighted by atomic mass is 35.5. The Hall–Kier alpha value is -3.07. The van der Waals surface area contributed by atoms with Crippen LogP contribution in [0.25, 0.3) is 0 Å². The van der Waals surface area contributed by atoms with Gasteiger partial charge in [-0.05, 0) is 55.7 Å². The van der Waals surface area contributed by atoms with Gasteiger partial charge in [0, 0.05) is 18.7 Å². The van der Waals surface area contributed by atoms with E-state index in [-0.39, 0.29) is 54.5 Å². The number of imidazole rings is 1. The Kier molecular flexibility index (Phi) is 6.49. The number of carbonyl (C=O) groups excluding carboxylic acids is 2. The van der Waals surface area contributed by atoms with Gasteiger partial charge < -0.3 is 25.0 Å². The van der Waals surface area contributed by atoms with Crippen LogP contribution in [0.2, 0.25) is 5.02 Å². The molecule has 2 aromatic rings. The monoisotopic (exact) mass is 550 g/mol. The maximum Gasteiger partial charge on any atom is 0.352 e. The number of carbonyl (C=O) groups is 2. The third-order valence-corrected chi connectivity index (χ3v) is 8.27. The molecule has 0 spiro atoms. The molecule has 5 rings (SSSR count). The van der Waals surface area contributed by atoms with Crippen molar-refractivity contribution in [3.8, 4) is 12.3 Å². The number of benzene rings is 1. The molecule has 1 aromatic carbocycles. The summed E-state index contributed by atoms with van der Waals surface area (Å²) in [5.74, 6) is -5.22. The average Bonchev–Trinajstić information content (AvgIpc) is 3.49. The first-order chi connectivity index (χ1) is 17.9. The second-order valence-electron chi connectivity index (χ2n) is 10.5. The first-order valence-electron chi connectivity index (χ1n) is 12.1. The summed E-state index contributed by atoms with van der Waals surface area (Å²) in [5, 5.41) is 15.7. The van der Waals surface area contributed by atoms with E-state index in [1.54, 1.807) is 11.6 Å². The fourth-order valence-electron chi connectivity index (χ4n) is 5.94. The molecule has 202 valence electrons. The van der Waals surface area contributed by atoms with Gasteiger partial charge in [-0.2, -0.15) is 8.78 Å². The summed E-state index contributed by atoms with van der Waals surface area (Å²) in [5.41, 5.74) is -2.68. The van der Waals surface area contributed by atoms with E-state index in [0.29, 0.717) is 24.2 Å². The number of nitrogens with one attached hydrogen (secondary N) is 2. The predicted molar refractivity (Wildman–Crippen MR) is 131 cm³/mol. The van der Waals surface area contributed by atoms with Gasteiger partial charge in [0.05, 0.1) is 30.3 Å². The number of hydrogen-bond acceptors (Lipinski definition) is 5. The third kappa shape index (κ3) is 4.34. The van der Waals surface area contributed by atoms with Crippen molar-refractivity contribution in [1.29, 1.82) is 0 Å². The fraction of sp³-hybridized carbons (Fsp3) is 0.500. The number of fused-ring (bicyclic) bond motifs is 1. The van der Waals surface area contributed by atoms with E-state index in [1.165, 1.54) is 18.5 Å². The maximum atomic E-state index is 15.2. The Morgan fingerprint density at radius 2 is 1.95 bits per heavy atom. The lowest BCUT2D eigenvalue weighted by atomic mass is 9.86. The van der Waals surface area contributed by atoms with Crippen LogP contribution < -0.4 is 10.6 Å². The minimum atomic E-state index is -4.04. The molecule has 0 radical (unpaired) electrons. The normalized spacial score (nSPS) is 27.8. The van der Waals surface area contributed by atoms with Crippen LogP contribution in [0.5, 0.6) is 0 Å². The maximum absolute atomic E-state index is 15.2. The quantitative estimate of drug-likeness (QED) is 0.479. The smallest absolute Gasteiger partial charge is 0.352 e. The number of ether oxygens (including phenoxy) is 1. The minimum Gasteiger partial charge on any atom is -0.383 e. The van der Waals surface area contributed by atoms with Gasteiger partial charge in [-0.25, -0.2) is 9.37 Å². The van der Waals surface area contributed by atoms with Crippen LogP contribution in [0, 0.1) is 30.0 Å². The highest BCUT2D eigenvalue weighted by Gasteiger charge is 2.65. The molecule has 1 saturated heterocycles. The van der Waals surface area contributed by atoms with Crippen molar-refractivity contribution >= 4 is 29.1 Å².